The lowest BCUT2D eigenvalue weighted by Gasteiger charge is -2.13. The molecule has 1 aromatic heterocycles. The molecule has 2 rings (SSSR count). The molecule has 0 radical (unpaired) electrons. The van der Waals surface area contributed by atoms with Gasteiger partial charge in [0.05, 0.1) is 45.5 Å². The second-order valence-corrected chi connectivity index (χ2v) is 10.6. The molecular weight excluding hydrogens is 472 g/mol. The van der Waals surface area contributed by atoms with E-state index in [0.29, 0.717) is 29.2 Å². The Hall–Kier alpha value is -2.99. The van der Waals surface area contributed by atoms with Crippen LogP contribution in [0.2, 0.25) is 0 Å². The predicted octanol–water partition coefficient (Wildman–Crippen LogP) is 2.85. The molecule has 1 aromatic carbocycles. The third-order valence-corrected chi connectivity index (χ3v) is 7.17. The fraction of sp³-hybridized carbons (Fsp3) is 0.381. The Morgan fingerprint density at radius 3 is 2.09 bits per heavy atom. The van der Waals surface area contributed by atoms with E-state index >= 15 is 0 Å². The number of benzene rings is 1. The lowest BCUT2D eigenvalue weighted by Crippen LogP contribution is -2.17. The monoisotopic (exact) mass is 500 g/mol. The molecule has 33 heavy (non-hydrogen) atoms. The van der Waals surface area contributed by atoms with E-state index in [0.717, 1.165) is 5.41 Å². The van der Waals surface area contributed by atoms with Gasteiger partial charge in [0.15, 0.2) is 9.84 Å². The number of nitrogens with zero attached hydrogens (tertiary/aromatic N) is 1. The Labute approximate surface area is 194 Å². The Balaban J connectivity index is 2.35. The summed E-state index contributed by atoms with van der Waals surface area (Å²) < 4.78 is 73.1. The van der Waals surface area contributed by atoms with Crippen molar-refractivity contribution in [3.8, 4) is 23.1 Å². The van der Waals surface area contributed by atoms with E-state index in [1.807, 2.05) is 0 Å². The number of ether oxygens (including phenoxy) is 4. The second kappa shape index (κ2) is 11.2. The number of nitrogens with one attached hydrogen (secondary N) is 1. The highest BCUT2D eigenvalue weighted by Crippen LogP contribution is 2.35. The number of rotatable bonds is 12. The van der Waals surface area contributed by atoms with Crippen molar-refractivity contribution in [3.05, 3.63) is 40.9 Å². The molecule has 10 nitrogen and oxygen atoms in total. The van der Waals surface area contributed by atoms with Crippen molar-refractivity contribution >= 4 is 31.6 Å². The van der Waals surface area contributed by atoms with Crippen LogP contribution in [0.5, 0.6) is 23.1 Å². The quantitative estimate of drug-likeness (QED) is 0.467. The van der Waals surface area contributed by atoms with Crippen LogP contribution >= 0.6 is 0 Å². The molecule has 0 aliphatic carbocycles. The van der Waals surface area contributed by atoms with Crippen molar-refractivity contribution in [1.29, 1.82) is 0 Å². The first-order valence-electron chi connectivity index (χ1n) is 9.82. The van der Waals surface area contributed by atoms with Gasteiger partial charge in [-0.2, -0.15) is 0 Å². The van der Waals surface area contributed by atoms with Crippen molar-refractivity contribution < 1.29 is 35.8 Å². The van der Waals surface area contributed by atoms with Gasteiger partial charge in [-0.1, -0.05) is 6.92 Å². The maximum absolute atomic E-state index is 12.8. The van der Waals surface area contributed by atoms with Gasteiger partial charge >= 0.3 is 0 Å². The molecule has 1 N–H and O–H groups in total. The Bertz CT molecular complexity index is 1180. The van der Waals surface area contributed by atoms with Crippen LogP contribution in [0.15, 0.2) is 29.8 Å². The van der Waals surface area contributed by atoms with E-state index in [-0.39, 0.29) is 22.9 Å². The molecule has 0 fully saturated rings. The molecule has 0 saturated carbocycles. The zero-order valence-corrected chi connectivity index (χ0v) is 20.7. The summed E-state index contributed by atoms with van der Waals surface area (Å²) in [6.07, 6.45) is 3.10. The minimum atomic E-state index is -3.77. The van der Waals surface area contributed by atoms with Crippen molar-refractivity contribution in [2.75, 3.05) is 38.9 Å². The smallest absolute Gasteiger partial charge is 0.238 e. The molecular formula is C21H28N2O8S2. The lowest BCUT2D eigenvalue weighted by molar-refractivity contribution is 0.374. The normalized spacial score (nSPS) is 11.9. The third-order valence-electron chi connectivity index (χ3n) is 4.40. The van der Waals surface area contributed by atoms with Crippen molar-refractivity contribution in [2.45, 2.75) is 19.1 Å². The molecule has 2 aromatic rings. The lowest BCUT2D eigenvalue weighted by atomic mass is 10.1. The van der Waals surface area contributed by atoms with Gasteiger partial charge in [-0.25, -0.2) is 21.8 Å². The molecule has 1 heterocycles. The first kappa shape index (κ1) is 26.3. The highest BCUT2D eigenvalue weighted by atomic mass is 32.2. The van der Waals surface area contributed by atoms with E-state index in [4.69, 9.17) is 18.9 Å². The number of sulfone groups is 1. The maximum Gasteiger partial charge on any atom is 0.238 e. The number of anilines is 1. The van der Waals surface area contributed by atoms with Crippen LogP contribution < -0.4 is 23.7 Å². The largest absolute Gasteiger partial charge is 0.496 e. The summed E-state index contributed by atoms with van der Waals surface area (Å²) >= 11 is 0. The topological polar surface area (TPSA) is 130 Å². The number of sulfonamides is 1. The molecule has 0 amide bonds. The summed E-state index contributed by atoms with van der Waals surface area (Å²) in [5.74, 6) is 0.773. The average molecular weight is 501 g/mol. The SMILES string of the molecule is CCCS(=O)(=O)Nc1cc(CS(=O)(=O)/C=C/c2c(OC)cc(OC)cc2OC)cnc1OC. The minimum absolute atomic E-state index is 0.0408. The van der Waals surface area contributed by atoms with E-state index < -0.39 is 25.6 Å². The molecule has 0 saturated heterocycles. The molecule has 0 spiro atoms. The summed E-state index contributed by atoms with van der Waals surface area (Å²) in [6.45, 7) is 1.73. The van der Waals surface area contributed by atoms with Crippen molar-refractivity contribution in [1.82, 2.24) is 4.98 Å². The second-order valence-electron chi connectivity index (χ2n) is 6.88. The van der Waals surface area contributed by atoms with Gasteiger partial charge < -0.3 is 18.9 Å². The molecule has 0 aliphatic rings. The van der Waals surface area contributed by atoms with Crippen LogP contribution in [0.25, 0.3) is 6.08 Å². The van der Waals surface area contributed by atoms with Gasteiger partial charge in [-0.3, -0.25) is 4.72 Å². The molecule has 12 heteroatoms. The predicted molar refractivity (Wildman–Crippen MR) is 126 cm³/mol. The summed E-state index contributed by atoms with van der Waals surface area (Å²) in [5, 5.41) is 1.03. The molecule has 0 bridgehead atoms. The molecule has 0 unspecified atom stereocenters. The number of aromatic nitrogens is 1. The zero-order chi connectivity index (χ0) is 24.6. The first-order valence-corrected chi connectivity index (χ1v) is 13.2. The Morgan fingerprint density at radius 1 is 0.939 bits per heavy atom. The van der Waals surface area contributed by atoms with E-state index in [2.05, 4.69) is 9.71 Å². The zero-order valence-electron chi connectivity index (χ0n) is 19.1. The average Bonchev–Trinajstić information content (AvgIpc) is 2.76. The van der Waals surface area contributed by atoms with Crippen LogP contribution in [0.4, 0.5) is 5.69 Å². The summed E-state index contributed by atoms with van der Waals surface area (Å²) in [7, 11) is -1.65. The van der Waals surface area contributed by atoms with Gasteiger partial charge in [-0.15, -0.1) is 0 Å². The number of methoxy groups -OCH3 is 4. The fourth-order valence-corrected chi connectivity index (χ4v) is 5.13. The summed E-state index contributed by atoms with van der Waals surface area (Å²) in [6, 6.07) is 4.60. The van der Waals surface area contributed by atoms with Gasteiger partial charge in [0.25, 0.3) is 0 Å². The van der Waals surface area contributed by atoms with Crippen LogP contribution in [0.1, 0.15) is 24.5 Å². The van der Waals surface area contributed by atoms with Gasteiger partial charge in [-0.05, 0) is 24.1 Å². The summed E-state index contributed by atoms with van der Waals surface area (Å²) in [5.41, 5.74) is 0.773. The highest BCUT2D eigenvalue weighted by Gasteiger charge is 2.17. The molecule has 0 aliphatic heterocycles. The Kier molecular flexibility index (Phi) is 8.94. The molecule has 182 valence electrons. The first-order chi connectivity index (χ1) is 15.6. The minimum Gasteiger partial charge on any atom is -0.496 e. The number of hydrogen-bond donors (Lipinski definition) is 1. The van der Waals surface area contributed by atoms with Crippen LogP contribution in [-0.2, 0) is 25.6 Å². The Morgan fingerprint density at radius 2 is 1.58 bits per heavy atom. The van der Waals surface area contributed by atoms with Gasteiger partial charge in [0.1, 0.15) is 22.9 Å². The third kappa shape index (κ3) is 7.26. The fourth-order valence-electron chi connectivity index (χ4n) is 2.95. The van der Waals surface area contributed by atoms with Crippen LogP contribution in [0.3, 0.4) is 0 Å². The van der Waals surface area contributed by atoms with Crippen molar-refractivity contribution in [2.24, 2.45) is 0 Å². The van der Waals surface area contributed by atoms with Crippen LogP contribution in [-0.4, -0.2) is 56.0 Å². The molecule has 0 atom stereocenters. The summed E-state index contributed by atoms with van der Waals surface area (Å²) in [4.78, 5) is 4.03. The number of pyridine rings is 1. The van der Waals surface area contributed by atoms with E-state index in [9.17, 15) is 16.8 Å². The van der Waals surface area contributed by atoms with Gasteiger partial charge in [0, 0.05) is 23.7 Å². The van der Waals surface area contributed by atoms with E-state index in [1.165, 1.54) is 46.8 Å². The van der Waals surface area contributed by atoms with E-state index in [1.54, 1.807) is 19.1 Å². The highest BCUT2D eigenvalue weighted by molar-refractivity contribution is 7.93. The number of hydrogen-bond acceptors (Lipinski definition) is 9. The van der Waals surface area contributed by atoms with Crippen molar-refractivity contribution in [3.63, 3.8) is 0 Å². The standard InChI is InChI=1S/C21H28N2O8S2/c1-6-8-33(26,27)23-18-10-15(13-22-21(18)31-5)14-32(24,25)9-7-17-19(29-3)11-16(28-2)12-20(17)30-4/h7,9-13,23H,6,8,14H2,1-5H3/b9-7+. The van der Waals surface area contributed by atoms with Crippen LogP contribution in [0, 0.1) is 0 Å². The van der Waals surface area contributed by atoms with Gasteiger partial charge in [0.2, 0.25) is 15.9 Å². The maximum atomic E-state index is 12.8.